The minimum absolute atomic E-state index is 0.0847. The van der Waals surface area contributed by atoms with Crippen molar-refractivity contribution in [3.63, 3.8) is 0 Å². The van der Waals surface area contributed by atoms with Crippen LogP contribution in [0, 0.1) is 5.92 Å². The number of ketones is 1. The fourth-order valence-electron chi connectivity index (χ4n) is 2.30. The van der Waals surface area contributed by atoms with Gasteiger partial charge in [0, 0.05) is 11.5 Å². The molecule has 2 rings (SSSR count). The first-order chi connectivity index (χ1) is 8.18. The highest BCUT2D eigenvalue weighted by atomic mass is 16.1. The number of hydrogen-bond donors (Lipinski definition) is 0. The van der Waals surface area contributed by atoms with E-state index in [0.717, 1.165) is 31.2 Å². The van der Waals surface area contributed by atoms with Gasteiger partial charge in [-0.25, -0.2) is 0 Å². The summed E-state index contributed by atoms with van der Waals surface area (Å²) in [6.45, 7) is 3.92. The lowest BCUT2D eigenvalue weighted by Gasteiger charge is -2.13. The highest BCUT2D eigenvalue weighted by Gasteiger charge is 2.12. The Bertz CT molecular complexity index is 441. The third kappa shape index (κ3) is 2.85. The van der Waals surface area contributed by atoms with Crippen molar-refractivity contribution in [2.24, 2.45) is 5.92 Å². The fourth-order valence-corrected chi connectivity index (χ4v) is 2.30. The summed E-state index contributed by atoms with van der Waals surface area (Å²) in [4.78, 5) is 12.0. The number of benzene rings is 1. The fraction of sp³-hybridized carbons (Fsp3) is 0.438. The molecule has 0 aliphatic heterocycles. The van der Waals surface area contributed by atoms with Gasteiger partial charge in [0.15, 0.2) is 5.78 Å². The van der Waals surface area contributed by atoms with Gasteiger partial charge in [-0.3, -0.25) is 4.79 Å². The standard InChI is InChI=1S/C16H20O/c1-12(2)16(17)15-10-9-13-7-5-3-4-6-8-14(13)11-15/h3-4,9-12H,5-8H2,1-2H3/b4-3-. The zero-order chi connectivity index (χ0) is 12.3. The molecule has 1 aromatic carbocycles. The van der Waals surface area contributed by atoms with Crippen LogP contribution in [0.3, 0.4) is 0 Å². The third-order valence-electron chi connectivity index (χ3n) is 3.34. The maximum Gasteiger partial charge on any atom is 0.165 e. The topological polar surface area (TPSA) is 17.1 Å². The Kier molecular flexibility index (Phi) is 3.78. The van der Waals surface area contributed by atoms with Crippen LogP contribution >= 0.6 is 0 Å². The number of hydrogen-bond acceptors (Lipinski definition) is 1. The van der Waals surface area contributed by atoms with E-state index in [1.165, 1.54) is 11.1 Å². The highest BCUT2D eigenvalue weighted by molar-refractivity contribution is 5.97. The van der Waals surface area contributed by atoms with E-state index in [9.17, 15) is 4.79 Å². The molecular formula is C16H20O. The van der Waals surface area contributed by atoms with Crippen LogP contribution in [0.2, 0.25) is 0 Å². The largest absolute Gasteiger partial charge is 0.294 e. The second kappa shape index (κ2) is 5.31. The molecule has 0 heterocycles. The van der Waals surface area contributed by atoms with E-state index in [-0.39, 0.29) is 11.7 Å². The molecule has 0 unspecified atom stereocenters. The Labute approximate surface area is 104 Å². The van der Waals surface area contributed by atoms with Crippen LogP contribution in [-0.4, -0.2) is 5.78 Å². The summed E-state index contributed by atoms with van der Waals surface area (Å²) >= 11 is 0. The van der Waals surface area contributed by atoms with Gasteiger partial charge in [0.25, 0.3) is 0 Å². The number of carbonyl (C=O) groups excluding carboxylic acids is 1. The van der Waals surface area contributed by atoms with E-state index in [0.29, 0.717) is 0 Å². The minimum atomic E-state index is 0.0847. The van der Waals surface area contributed by atoms with Crippen molar-refractivity contribution in [3.05, 3.63) is 47.0 Å². The van der Waals surface area contributed by atoms with Crippen LogP contribution in [0.15, 0.2) is 30.4 Å². The summed E-state index contributed by atoms with van der Waals surface area (Å²) in [6, 6.07) is 6.24. The van der Waals surface area contributed by atoms with Crippen molar-refractivity contribution in [1.29, 1.82) is 0 Å². The maximum atomic E-state index is 12.0. The van der Waals surface area contributed by atoms with Crippen LogP contribution < -0.4 is 0 Å². The Balaban J connectivity index is 2.30. The van der Waals surface area contributed by atoms with E-state index < -0.39 is 0 Å². The Morgan fingerprint density at radius 2 is 1.71 bits per heavy atom. The molecule has 17 heavy (non-hydrogen) atoms. The Morgan fingerprint density at radius 3 is 2.35 bits per heavy atom. The van der Waals surface area contributed by atoms with E-state index in [4.69, 9.17) is 0 Å². The van der Waals surface area contributed by atoms with Crippen LogP contribution in [0.5, 0.6) is 0 Å². The SMILES string of the molecule is CC(C)C(=O)c1ccc2c(c1)CC/C=C\CC2. The van der Waals surface area contributed by atoms with Gasteiger partial charge < -0.3 is 0 Å². The monoisotopic (exact) mass is 228 g/mol. The summed E-state index contributed by atoms with van der Waals surface area (Å²) < 4.78 is 0. The second-order valence-corrected chi connectivity index (χ2v) is 5.05. The van der Waals surface area contributed by atoms with Gasteiger partial charge in [0.2, 0.25) is 0 Å². The van der Waals surface area contributed by atoms with Crippen LogP contribution in [-0.2, 0) is 12.8 Å². The van der Waals surface area contributed by atoms with Crippen molar-refractivity contribution in [2.75, 3.05) is 0 Å². The van der Waals surface area contributed by atoms with E-state index >= 15 is 0 Å². The Morgan fingerprint density at radius 1 is 1.06 bits per heavy atom. The minimum Gasteiger partial charge on any atom is -0.294 e. The molecule has 1 nitrogen and oxygen atoms in total. The van der Waals surface area contributed by atoms with Crippen LogP contribution in [0.4, 0.5) is 0 Å². The van der Waals surface area contributed by atoms with Crippen molar-refractivity contribution in [3.8, 4) is 0 Å². The molecule has 1 heteroatoms. The molecule has 0 saturated carbocycles. The summed E-state index contributed by atoms with van der Waals surface area (Å²) in [5.41, 5.74) is 3.65. The lowest BCUT2D eigenvalue weighted by atomic mass is 9.92. The molecule has 0 N–H and O–H groups in total. The zero-order valence-electron chi connectivity index (χ0n) is 10.7. The predicted molar refractivity (Wildman–Crippen MR) is 71.4 cm³/mol. The molecule has 0 atom stereocenters. The predicted octanol–water partition coefficient (Wildman–Crippen LogP) is 3.96. The maximum absolute atomic E-state index is 12.0. The molecule has 0 bridgehead atoms. The van der Waals surface area contributed by atoms with Gasteiger partial charge in [-0.05, 0) is 42.9 Å². The van der Waals surface area contributed by atoms with E-state index in [1.54, 1.807) is 0 Å². The van der Waals surface area contributed by atoms with E-state index in [2.05, 4.69) is 24.3 Å². The Hall–Kier alpha value is -1.37. The van der Waals surface area contributed by atoms with Gasteiger partial charge >= 0.3 is 0 Å². The van der Waals surface area contributed by atoms with Crippen molar-refractivity contribution in [1.82, 2.24) is 0 Å². The first kappa shape index (κ1) is 12.1. The molecule has 0 amide bonds. The van der Waals surface area contributed by atoms with Gasteiger partial charge in [0.1, 0.15) is 0 Å². The highest BCUT2D eigenvalue weighted by Crippen LogP contribution is 2.20. The van der Waals surface area contributed by atoms with Crippen LogP contribution in [0.1, 0.15) is 48.2 Å². The number of rotatable bonds is 2. The molecule has 0 saturated heterocycles. The normalized spacial score (nSPS) is 17.1. The average molecular weight is 228 g/mol. The number of fused-ring (bicyclic) bond motifs is 1. The molecule has 1 aromatic rings. The molecule has 0 aromatic heterocycles. The molecular weight excluding hydrogens is 208 g/mol. The van der Waals surface area contributed by atoms with Gasteiger partial charge in [-0.15, -0.1) is 0 Å². The summed E-state index contributed by atoms with van der Waals surface area (Å²) in [6.07, 6.45) is 8.87. The van der Waals surface area contributed by atoms with Crippen LogP contribution in [0.25, 0.3) is 0 Å². The van der Waals surface area contributed by atoms with Gasteiger partial charge in [-0.2, -0.15) is 0 Å². The van der Waals surface area contributed by atoms with Crippen molar-refractivity contribution >= 4 is 5.78 Å². The van der Waals surface area contributed by atoms with Gasteiger partial charge in [-0.1, -0.05) is 38.1 Å². The van der Waals surface area contributed by atoms with Gasteiger partial charge in [0.05, 0.1) is 0 Å². The average Bonchev–Trinajstić information content (AvgIpc) is 2.28. The summed E-state index contributed by atoms with van der Waals surface area (Å²) in [5.74, 6) is 0.340. The molecule has 1 aliphatic carbocycles. The van der Waals surface area contributed by atoms with E-state index in [1.807, 2.05) is 19.9 Å². The quantitative estimate of drug-likeness (QED) is 0.553. The number of allylic oxidation sites excluding steroid dienone is 2. The molecule has 0 fully saturated rings. The van der Waals surface area contributed by atoms with Crippen molar-refractivity contribution < 1.29 is 4.79 Å². The molecule has 0 spiro atoms. The first-order valence-corrected chi connectivity index (χ1v) is 6.49. The smallest absolute Gasteiger partial charge is 0.165 e. The lowest BCUT2D eigenvalue weighted by Crippen LogP contribution is -2.09. The summed E-state index contributed by atoms with van der Waals surface area (Å²) in [7, 11) is 0. The third-order valence-corrected chi connectivity index (χ3v) is 3.34. The molecule has 1 aliphatic rings. The summed E-state index contributed by atoms with van der Waals surface area (Å²) in [5, 5.41) is 0. The first-order valence-electron chi connectivity index (χ1n) is 6.49. The zero-order valence-corrected chi connectivity index (χ0v) is 10.7. The molecule has 0 radical (unpaired) electrons. The van der Waals surface area contributed by atoms with Crippen molar-refractivity contribution in [2.45, 2.75) is 39.5 Å². The molecule has 90 valence electrons. The number of Topliss-reactive ketones (excluding diaryl/α,β-unsaturated/α-hetero) is 1. The number of carbonyl (C=O) groups is 1. The number of aryl methyl sites for hydroxylation is 2. The second-order valence-electron chi connectivity index (χ2n) is 5.05. The lowest BCUT2D eigenvalue weighted by molar-refractivity contribution is 0.0939.